The Kier molecular flexibility index (Phi) is 4.82. The van der Waals surface area contributed by atoms with Gasteiger partial charge in [-0.15, -0.1) is 6.58 Å². The highest BCUT2D eigenvalue weighted by Gasteiger charge is 2.28. The van der Waals surface area contributed by atoms with Gasteiger partial charge in [-0.05, 0) is 36.5 Å². The number of hydrogen-bond donors (Lipinski definition) is 1. The third kappa shape index (κ3) is 3.26. The second kappa shape index (κ2) is 7.31. The van der Waals surface area contributed by atoms with Crippen LogP contribution in [0.4, 0.5) is 0 Å². The average molecular weight is 391 g/mol. The first kappa shape index (κ1) is 19.1. The molecule has 3 aromatic heterocycles. The number of pyridine rings is 2. The topological polar surface area (TPSA) is 83.5 Å². The van der Waals surface area contributed by atoms with E-state index in [0.29, 0.717) is 48.2 Å². The first-order chi connectivity index (χ1) is 13.9. The Labute approximate surface area is 168 Å². The van der Waals surface area contributed by atoms with Crippen LogP contribution in [-0.4, -0.2) is 37.8 Å². The quantitative estimate of drug-likeness (QED) is 0.550. The molecule has 7 nitrogen and oxygen atoms in total. The maximum Gasteiger partial charge on any atom is 0.267 e. The lowest BCUT2D eigenvalue weighted by molar-refractivity contribution is 0.0620. The summed E-state index contributed by atoms with van der Waals surface area (Å²) in [4.78, 5) is 32.8. The smallest absolute Gasteiger partial charge is 0.267 e. The van der Waals surface area contributed by atoms with Crippen molar-refractivity contribution in [3.8, 4) is 0 Å². The number of carbonyl (C=O) groups is 1. The minimum absolute atomic E-state index is 0.0560. The number of rotatable bonds is 3. The maximum atomic E-state index is 13.3. The van der Waals surface area contributed by atoms with Crippen LogP contribution in [0.15, 0.2) is 47.9 Å². The summed E-state index contributed by atoms with van der Waals surface area (Å²) in [6.07, 6.45) is 4.39. The number of amides is 1. The number of nitrogens with zero attached hydrogens (tertiary/aromatic N) is 4. The molecule has 3 aromatic rings. The third-order valence-electron chi connectivity index (χ3n) is 5.52. The summed E-state index contributed by atoms with van der Waals surface area (Å²) < 4.78 is 3.05. The highest BCUT2D eigenvalue weighted by molar-refractivity contribution is 5.97. The van der Waals surface area contributed by atoms with E-state index in [1.165, 1.54) is 10.5 Å². The summed E-state index contributed by atoms with van der Waals surface area (Å²) in [5.41, 5.74) is 0.928. The number of likely N-dealkylation sites (tertiary alicyclic amines) is 1. The van der Waals surface area contributed by atoms with Crippen molar-refractivity contribution in [2.45, 2.75) is 26.8 Å². The van der Waals surface area contributed by atoms with Crippen LogP contribution in [0.25, 0.3) is 16.7 Å². The minimum atomic E-state index is -0.252. The summed E-state index contributed by atoms with van der Waals surface area (Å²) >= 11 is 0. The highest BCUT2D eigenvalue weighted by Crippen LogP contribution is 2.22. The molecule has 1 N–H and O–H groups in total. The van der Waals surface area contributed by atoms with E-state index in [4.69, 9.17) is 5.41 Å². The molecule has 4 heterocycles. The van der Waals surface area contributed by atoms with E-state index in [1.54, 1.807) is 29.0 Å². The summed E-state index contributed by atoms with van der Waals surface area (Å²) in [5.74, 6) is 0.619. The molecule has 0 spiro atoms. The van der Waals surface area contributed by atoms with E-state index in [1.807, 2.05) is 11.0 Å². The normalized spacial score (nSPS) is 19.6. The summed E-state index contributed by atoms with van der Waals surface area (Å²) in [6, 6.07) is 6.86. The molecule has 29 heavy (non-hydrogen) atoms. The van der Waals surface area contributed by atoms with Gasteiger partial charge in [0.05, 0.1) is 10.9 Å². The standard InChI is InChI=1S/C22H25N5O2/c1-4-8-27-19(23)16(21(28)25-12-14(2)10-15(3)13-25)11-17-20(27)24-18-7-5-6-9-26(18)22(17)29/h4-7,9,11,14-15,23H,1,8,10,12-13H2,2-3H3. The van der Waals surface area contributed by atoms with Gasteiger partial charge in [-0.3, -0.25) is 19.4 Å². The number of piperidine rings is 1. The van der Waals surface area contributed by atoms with Crippen LogP contribution in [-0.2, 0) is 6.54 Å². The molecule has 1 aliphatic heterocycles. The Bertz CT molecular complexity index is 1230. The molecule has 0 aliphatic carbocycles. The van der Waals surface area contributed by atoms with Gasteiger partial charge in [-0.1, -0.05) is 26.0 Å². The number of nitrogens with one attached hydrogen (secondary N) is 1. The zero-order valence-corrected chi connectivity index (χ0v) is 16.8. The maximum absolute atomic E-state index is 13.3. The highest BCUT2D eigenvalue weighted by atomic mass is 16.2. The van der Waals surface area contributed by atoms with Crippen LogP contribution >= 0.6 is 0 Å². The van der Waals surface area contributed by atoms with Gasteiger partial charge < -0.3 is 9.47 Å². The molecule has 4 rings (SSSR count). The number of hydrogen-bond acceptors (Lipinski definition) is 4. The molecule has 2 atom stereocenters. The van der Waals surface area contributed by atoms with E-state index in [0.717, 1.165) is 6.42 Å². The molecular formula is C22H25N5O2. The predicted octanol–water partition coefficient (Wildman–Crippen LogP) is 2.43. The van der Waals surface area contributed by atoms with Crippen molar-refractivity contribution in [1.82, 2.24) is 18.9 Å². The lowest BCUT2D eigenvalue weighted by atomic mass is 9.91. The number of fused-ring (bicyclic) bond motifs is 2. The van der Waals surface area contributed by atoms with Gasteiger partial charge in [0, 0.05) is 25.8 Å². The molecular weight excluding hydrogens is 366 g/mol. The molecule has 1 aliphatic rings. The molecule has 0 saturated carbocycles. The monoisotopic (exact) mass is 391 g/mol. The number of carbonyl (C=O) groups excluding carboxylic acids is 1. The van der Waals surface area contributed by atoms with Gasteiger partial charge in [-0.25, -0.2) is 4.98 Å². The Hall–Kier alpha value is -3.22. The number of allylic oxidation sites excluding steroid dienone is 1. The molecule has 0 radical (unpaired) electrons. The third-order valence-corrected chi connectivity index (χ3v) is 5.52. The summed E-state index contributed by atoms with van der Waals surface area (Å²) in [6.45, 7) is 9.65. The van der Waals surface area contributed by atoms with Gasteiger partial charge in [0.25, 0.3) is 11.5 Å². The van der Waals surface area contributed by atoms with E-state index in [-0.39, 0.29) is 22.5 Å². The first-order valence-corrected chi connectivity index (χ1v) is 9.90. The fourth-order valence-electron chi connectivity index (χ4n) is 4.36. The fraction of sp³-hybridized carbons (Fsp3) is 0.364. The fourth-order valence-corrected chi connectivity index (χ4v) is 4.36. The predicted molar refractivity (Wildman–Crippen MR) is 112 cm³/mol. The number of aromatic nitrogens is 3. The van der Waals surface area contributed by atoms with E-state index >= 15 is 0 Å². The first-order valence-electron chi connectivity index (χ1n) is 9.90. The van der Waals surface area contributed by atoms with Gasteiger partial charge in [-0.2, -0.15) is 0 Å². The Morgan fingerprint density at radius 2 is 2.03 bits per heavy atom. The largest absolute Gasteiger partial charge is 0.338 e. The lowest BCUT2D eigenvalue weighted by Gasteiger charge is -2.35. The molecule has 1 saturated heterocycles. The molecule has 1 fully saturated rings. The van der Waals surface area contributed by atoms with Crippen molar-refractivity contribution in [2.75, 3.05) is 13.1 Å². The second-order valence-corrected chi connectivity index (χ2v) is 8.05. The van der Waals surface area contributed by atoms with Crippen LogP contribution in [0.1, 0.15) is 30.6 Å². The lowest BCUT2D eigenvalue weighted by Crippen LogP contribution is -2.45. The van der Waals surface area contributed by atoms with Crippen LogP contribution in [0.2, 0.25) is 0 Å². The van der Waals surface area contributed by atoms with Crippen molar-refractivity contribution in [3.05, 3.63) is 64.5 Å². The van der Waals surface area contributed by atoms with Crippen LogP contribution in [0, 0.1) is 17.2 Å². The van der Waals surface area contributed by atoms with E-state index < -0.39 is 0 Å². The summed E-state index contributed by atoms with van der Waals surface area (Å²) in [5, 5.41) is 9.01. The van der Waals surface area contributed by atoms with Crippen molar-refractivity contribution in [2.24, 2.45) is 11.8 Å². The summed E-state index contributed by atoms with van der Waals surface area (Å²) in [7, 11) is 0. The van der Waals surface area contributed by atoms with E-state index in [9.17, 15) is 9.59 Å². The van der Waals surface area contributed by atoms with Gasteiger partial charge in [0.2, 0.25) is 0 Å². The van der Waals surface area contributed by atoms with E-state index in [2.05, 4.69) is 25.4 Å². The van der Waals surface area contributed by atoms with Gasteiger partial charge in [0.15, 0.2) is 0 Å². The molecule has 150 valence electrons. The van der Waals surface area contributed by atoms with Gasteiger partial charge >= 0.3 is 0 Å². The van der Waals surface area contributed by atoms with Crippen LogP contribution in [0.3, 0.4) is 0 Å². The van der Waals surface area contributed by atoms with Crippen LogP contribution < -0.4 is 11.0 Å². The zero-order chi connectivity index (χ0) is 20.7. The Balaban J connectivity index is 1.96. The zero-order valence-electron chi connectivity index (χ0n) is 16.8. The van der Waals surface area contributed by atoms with Crippen molar-refractivity contribution < 1.29 is 4.79 Å². The SMILES string of the molecule is C=CCn1c(=N)c(C(=O)N2CC(C)CC(C)C2)cc2c(=O)n3ccccc3nc21. The van der Waals surface area contributed by atoms with Crippen LogP contribution in [0.5, 0.6) is 0 Å². The second-order valence-electron chi connectivity index (χ2n) is 8.05. The van der Waals surface area contributed by atoms with Crippen molar-refractivity contribution in [1.29, 1.82) is 5.41 Å². The van der Waals surface area contributed by atoms with Gasteiger partial charge in [0.1, 0.15) is 16.8 Å². The Morgan fingerprint density at radius 1 is 1.31 bits per heavy atom. The molecule has 0 aromatic carbocycles. The Morgan fingerprint density at radius 3 is 2.72 bits per heavy atom. The molecule has 0 bridgehead atoms. The van der Waals surface area contributed by atoms with Crippen molar-refractivity contribution >= 4 is 22.6 Å². The van der Waals surface area contributed by atoms with Crippen molar-refractivity contribution in [3.63, 3.8) is 0 Å². The minimum Gasteiger partial charge on any atom is -0.338 e. The molecule has 7 heteroatoms. The average Bonchev–Trinajstić information content (AvgIpc) is 2.69. The molecule has 1 amide bonds. The molecule has 2 unspecified atom stereocenters.